The van der Waals surface area contributed by atoms with Crippen molar-refractivity contribution in [2.24, 2.45) is 0 Å². The molecular weight excluding hydrogens is 345 g/mol. The molecule has 2 aromatic rings. The van der Waals surface area contributed by atoms with Crippen LogP contribution in [0.1, 0.15) is 10.5 Å². The van der Waals surface area contributed by atoms with E-state index < -0.39 is 0 Å². The monoisotopic (exact) mass is 349 g/mol. The lowest BCUT2D eigenvalue weighted by Gasteiger charge is -1.99. The summed E-state index contributed by atoms with van der Waals surface area (Å²) >= 11 is 16.2. The third-order valence-corrected chi connectivity index (χ3v) is 4.44. The van der Waals surface area contributed by atoms with Crippen LogP contribution in [-0.4, -0.2) is 16.6 Å². The molecule has 0 aliphatic rings. The fourth-order valence-corrected chi connectivity index (χ4v) is 2.62. The molecule has 88 valence electrons. The Morgan fingerprint density at radius 1 is 1.47 bits per heavy atom. The van der Waals surface area contributed by atoms with Crippen molar-refractivity contribution in [3.8, 4) is 10.6 Å². The second-order valence-electron chi connectivity index (χ2n) is 3.22. The minimum atomic E-state index is -0.169. The van der Waals surface area contributed by atoms with E-state index in [2.05, 4.69) is 20.9 Å². The summed E-state index contributed by atoms with van der Waals surface area (Å²) in [6, 6.07) is 5.55. The summed E-state index contributed by atoms with van der Waals surface area (Å²) < 4.78 is 0.830. The third-order valence-electron chi connectivity index (χ3n) is 2.08. The van der Waals surface area contributed by atoms with E-state index in [1.165, 1.54) is 11.3 Å². The fourth-order valence-electron chi connectivity index (χ4n) is 1.23. The second-order valence-corrected chi connectivity index (χ2v) is 5.61. The SMILES string of the molecule is O=C(CCl)c1csc(-c2ccc(Br)c(Cl)c2)n1. The molecule has 0 bridgehead atoms. The molecular formula is C11H6BrCl2NOS. The molecule has 1 aromatic heterocycles. The van der Waals surface area contributed by atoms with Crippen LogP contribution in [-0.2, 0) is 0 Å². The van der Waals surface area contributed by atoms with Crippen LogP contribution >= 0.6 is 50.5 Å². The molecule has 0 aliphatic heterocycles. The van der Waals surface area contributed by atoms with Crippen molar-refractivity contribution < 1.29 is 4.79 Å². The van der Waals surface area contributed by atoms with Gasteiger partial charge in [-0.3, -0.25) is 4.79 Å². The predicted molar refractivity (Wildman–Crippen MR) is 75.3 cm³/mol. The minimum Gasteiger partial charge on any atom is -0.291 e. The van der Waals surface area contributed by atoms with Gasteiger partial charge >= 0.3 is 0 Å². The first kappa shape index (κ1) is 13.0. The van der Waals surface area contributed by atoms with Crippen molar-refractivity contribution in [2.45, 2.75) is 0 Å². The van der Waals surface area contributed by atoms with Gasteiger partial charge < -0.3 is 0 Å². The zero-order valence-electron chi connectivity index (χ0n) is 8.41. The van der Waals surface area contributed by atoms with Crippen molar-refractivity contribution in [3.63, 3.8) is 0 Å². The second kappa shape index (κ2) is 5.48. The van der Waals surface area contributed by atoms with Crippen molar-refractivity contribution in [1.29, 1.82) is 0 Å². The highest BCUT2D eigenvalue weighted by atomic mass is 79.9. The average molecular weight is 351 g/mol. The molecule has 0 spiro atoms. The average Bonchev–Trinajstić information content (AvgIpc) is 2.81. The highest BCUT2D eigenvalue weighted by Gasteiger charge is 2.11. The van der Waals surface area contributed by atoms with Gasteiger partial charge in [-0.2, -0.15) is 0 Å². The molecule has 0 saturated heterocycles. The van der Waals surface area contributed by atoms with Crippen LogP contribution in [0.3, 0.4) is 0 Å². The third kappa shape index (κ3) is 2.88. The summed E-state index contributed by atoms with van der Waals surface area (Å²) in [5.41, 5.74) is 1.29. The van der Waals surface area contributed by atoms with Crippen molar-refractivity contribution in [2.75, 3.05) is 5.88 Å². The summed E-state index contributed by atoms with van der Waals surface area (Å²) in [5.74, 6) is -0.220. The highest BCUT2D eigenvalue weighted by Crippen LogP contribution is 2.30. The molecule has 0 fully saturated rings. The number of carbonyl (C=O) groups is 1. The van der Waals surface area contributed by atoms with Crippen molar-refractivity contribution in [1.82, 2.24) is 4.98 Å². The van der Waals surface area contributed by atoms with E-state index in [-0.39, 0.29) is 11.7 Å². The van der Waals surface area contributed by atoms with E-state index in [0.29, 0.717) is 10.7 Å². The van der Waals surface area contributed by atoms with E-state index >= 15 is 0 Å². The van der Waals surface area contributed by atoms with Crippen LogP contribution in [0.25, 0.3) is 10.6 Å². The maximum atomic E-state index is 11.4. The maximum absolute atomic E-state index is 11.4. The van der Waals surface area contributed by atoms with Gasteiger partial charge in [0, 0.05) is 15.4 Å². The number of thiazole rings is 1. The van der Waals surface area contributed by atoms with E-state index in [0.717, 1.165) is 15.0 Å². The quantitative estimate of drug-likeness (QED) is 0.595. The first-order valence-corrected chi connectivity index (χ1v) is 7.20. The first-order chi connectivity index (χ1) is 8.11. The van der Waals surface area contributed by atoms with E-state index in [1.807, 2.05) is 12.1 Å². The molecule has 0 saturated carbocycles. The highest BCUT2D eigenvalue weighted by molar-refractivity contribution is 9.10. The van der Waals surface area contributed by atoms with Crippen LogP contribution in [0.4, 0.5) is 0 Å². The predicted octanol–water partition coefficient (Wildman–Crippen LogP) is 4.65. The van der Waals surface area contributed by atoms with Crippen LogP contribution in [0.15, 0.2) is 28.1 Å². The van der Waals surface area contributed by atoms with Gasteiger partial charge in [-0.15, -0.1) is 22.9 Å². The lowest BCUT2D eigenvalue weighted by atomic mass is 10.2. The topological polar surface area (TPSA) is 30.0 Å². The normalized spacial score (nSPS) is 10.5. The lowest BCUT2D eigenvalue weighted by Crippen LogP contribution is -1.99. The van der Waals surface area contributed by atoms with Gasteiger partial charge in [0.1, 0.15) is 10.7 Å². The largest absolute Gasteiger partial charge is 0.291 e. The molecule has 2 rings (SSSR count). The molecule has 0 atom stereocenters. The van der Waals surface area contributed by atoms with Gasteiger partial charge in [0.25, 0.3) is 0 Å². The Kier molecular flexibility index (Phi) is 4.20. The molecule has 1 heterocycles. The van der Waals surface area contributed by atoms with Gasteiger partial charge in [0.15, 0.2) is 5.78 Å². The molecule has 0 N–H and O–H groups in total. The van der Waals surface area contributed by atoms with E-state index in [4.69, 9.17) is 23.2 Å². The fraction of sp³-hybridized carbons (Fsp3) is 0.0909. The number of Topliss-reactive ketones (excluding diaryl/α,β-unsaturated/α-hetero) is 1. The number of carbonyl (C=O) groups excluding carboxylic acids is 1. The smallest absolute Gasteiger partial charge is 0.196 e. The summed E-state index contributed by atoms with van der Waals surface area (Å²) in [5, 5.41) is 3.08. The molecule has 0 unspecified atom stereocenters. The van der Waals surface area contributed by atoms with Gasteiger partial charge in [-0.25, -0.2) is 4.98 Å². The van der Waals surface area contributed by atoms with Gasteiger partial charge in [-0.05, 0) is 28.1 Å². The number of alkyl halides is 1. The van der Waals surface area contributed by atoms with Crippen LogP contribution in [0, 0.1) is 0 Å². The first-order valence-electron chi connectivity index (χ1n) is 4.62. The summed E-state index contributed by atoms with van der Waals surface area (Å²) in [6.45, 7) is 0. The Balaban J connectivity index is 2.37. The lowest BCUT2D eigenvalue weighted by molar-refractivity contribution is 0.101. The van der Waals surface area contributed by atoms with Gasteiger partial charge in [-0.1, -0.05) is 17.7 Å². The summed E-state index contributed by atoms with van der Waals surface area (Å²) in [6.07, 6.45) is 0. The summed E-state index contributed by atoms with van der Waals surface area (Å²) in [7, 11) is 0. The Labute approximate surface area is 121 Å². The number of rotatable bonds is 3. The zero-order chi connectivity index (χ0) is 12.4. The summed E-state index contributed by atoms with van der Waals surface area (Å²) in [4.78, 5) is 15.6. The molecule has 0 aliphatic carbocycles. The van der Waals surface area contributed by atoms with Crippen molar-refractivity contribution >= 4 is 56.3 Å². The van der Waals surface area contributed by atoms with Crippen LogP contribution in [0.2, 0.25) is 5.02 Å². The molecule has 0 radical (unpaired) electrons. The maximum Gasteiger partial charge on any atom is 0.196 e. The van der Waals surface area contributed by atoms with E-state index in [1.54, 1.807) is 11.4 Å². The van der Waals surface area contributed by atoms with Crippen LogP contribution in [0.5, 0.6) is 0 Å². The number of halogens is 3. The number of hydrogen-bond acceptors (Lipinski definition) is 3. The zero-order valence-corrected chi connectivity index (χ0v) is 12.3. The molecule has 0 amide bonds. The number of ketones is 1. The molecule has 6 heteroatoms. The Hall–Kier alpha value is -0.420. The standard InChI is InChI=1S/C11H6BrCl2NOS/c12-7-2-1-6(3-8(7)14)11-15-9(5-17-11)10(16)4-13/h1-3,5H,4H2. The Bertz CT molecular complexity index is 570. The van der Waals surface area contributed by atoms with Gasteiger partial charge in [0.05, 0.1) is 10.9 Å². The molecule has 2 nitrogen and oxygen atoms in total. The Morgan fingerprint density at radius 2 is 2.24 bits per heavy atom. The number of benzene rings is 1. The van der Waals surface area contributed by atoms with Crippen molar-refractivity contribution in [3.05, 3.63) is 38.8 Å². The van der Waals surface area contributed by atoms with E-state index in [9.17, 15) is 4.79 Å². The molecule has 17 heavy (non-hydrogen) atoms. The Morgan fingerprint density at radius 3 is 2.88 bits per heavy atom. The number of nitrogens with zero attached hydrogens (tertiary/aromatic N) is 1. The molecule has 1 aromatic carbocycles. The number of hydrogen-bond donors (Lipinski definition) is 0. The van der Waals surface area contributed by atoms with Crippen LogP contribution < -0.4 is 0 Å². The number of aromatic nitrogens is 1. The van der Waals surface area contributed by atoms with Gasteiger partial charge in [0.2, 0.25) is 0 Å². The minimum absolute atomic E-state index is 0.0513.